The summed E-state index contributed by atoms with van der Waals surface area (Å²) in [5.41, 5.74) is 3.59. The maximum absolute atomic E-state index is 16.1. The highest BCUT2D eigenvalue weighted by atomic mass is 19.1. The number of anilines is 1. The molecule has 1 saturated heterocycles. The summed E-state index contributed by atoms with van der Waals surface area (Å²) in [5.74, 6) is -1.24. The Hall–Kier alpha value is -7.08. The summed E-state index contributed by atoms with van der Waals surface area (Å²) < 4.78 is 50.1. The van der Waals surface area contributed by atoms with Crippen LogP contribution in [-0.4, -0.2) is 86.1 Å². The lowest BCUT2D eigenvalue weighted by atomic mass is 9.98. The highest BCUT2D eigenvalue weighted by Gasteiger charge is 2.59. The second kappa shape index (κ2) is 14.2. The van der Waals surface area contributed by atoms with Crippen molar-refractivity contribution in [3.8, 4) is 17.2 Å². The smallest absolute Gasteiger partial charge is 0.372 e. The third kappa shape index (κ3) is 6.09. The molecular formula is C47H47F2N11O5. The molecule has 3 aliphatic rings. The van der Waals surface area contributed by atoms with E-state index in [0.29, 0.717) is 83.5 Å². The summed E-state index contributed by atoms with van der Waals surface area (Å²) in [6.07, 6.45) is 5.41. The van der Waals surface area contributed by atoms with Crippen LogP contribution in [0.1, 0.15) is 78.9 Å². The number of halogens is 2. The molecule has 2 aliphatic heterocycles. The van der Waals surface area contributed by atoms with Gasteiger partial charge in [0.25, 0.3) is 5.91 Å². The first kappa shape index (κ1) is 40.7. The van der Waals surface area contributed by atoms with Gasteiger partial charge in [-0.3, -0.25) is 28.1 Å². The van der Waals surface area contributed by atoms with Gasteiger partial charge >= 0.3 is 11.4 Å². The summed E-state index contributed by atoms with van der Waals surface area (Å²) >= 11 is 0. The summed E-state index contributed by atoms with van der Waals surface area (Å²) in [4.78, 5) is 49.5. The van der Waals surface area contributed by atoms with Crippen molar-refractivity contribution >= 4 is 33.4 Å². The molecule has 0 radical (unpaired) electrons. The molecule has 65 heavy (non-hydrogen) atoms. The quantitative estimate of drug-likeness (QED) is 0.192. The number of H-pyrrole nitrogens is 1. The zero-order valence-corrected chi connectivity index (χ0v) is 37.0. The monoisotopic (exact) mass is 883 g/mol. The molecule has 334 valence electrons. The van der Waals surface area contributed by atoms with Crippen LogP contribution >= 0.6 is 0 Å². The van der Waals surface area contributed by atoms with E-state index in [-0.39, 0.29) is 40.9 Å². The van der Waals surface area contributed by atoms with Crippen molar-refractivity contribution < 1.29 is 22.8 Å². The molecule has 11 rings (SSSR count). The fraction of sp³-hybridized carbons (Fsp3) is 0.362. The van der Waals surface area contributed by atoms with Gasteiger partial charge in [0.15, 0.2) is 11.6 Å². The molecule has 7 heterocycles. The lowest BCUT2D eigenvalue weighted by Gasteiger charge is -2.39. The van der Waals surface area contributed by atoms with Gasteiger partial charge in [-0.1, -0.05) is 12.1 Å². The number of ether oxygens (including phenoxy) is 1. The molecule has 3 atom stereocenters. The minimum absolute atomic E-state index is 0.0115. The normalized spacial score (nSPS) is 20.6. The Labute approximate surface area is 370 Å². The van der Waals surface area contributed by atoms with Gasteiger partial charge in [-0.05, 0) is 107 Å². The molecule has 2 fully saturated rings. The highest BCUT2D eigenvalue weighted by molar-refractivity contribution is 6.00. The van der Waals surface area contributed by atoms with Crippen molar-refractivity contribution in [1.29, 1.82) is 0 Å². The van der Waals surface area contributed by atoms with Crippen molar-refractivity contribution in [1.82, 2.24) is 48.3 Å². The number of amides is 1. The maximum Gasteiger partial charge on any atom is 0.438 e. The minimum Gasteiger partial charge on any atom is -0.372 e. The Bertz CT molecular complexity index is 3380. The molecule has 0 spiro atoms. The second-order valence-corrected chi connectivity index (χ2v) is 18.4. The number of aromatic amines is 1. The largest absolute Gasteiger partial charge is 0.438 e. The number of aromatic nitrogens is 9. The first-order valence-corrected chi connectivity index (χ1v) is 21.8. The fourth-order valence-electron chi connectivity index (χ4n) is 10.4. The van der Waals surface area contributed by atoms with E-state index >= 15 is 13.6 Å². The van der Waals surface area contributed by atoms with Gasteiger partial charge in [0.05, 0.1) is 52.4 Å². The molecule has 0 unspecified atom stereocenters. The molecule has 1 amide bonds. The summed E-state index contributed by atoms with van der Waals surface area (Å²) in [5, 5.41) is 14.5. The first-order valence-electron chi connectivity index (χ1n) is 21.8. The Morgan fingerprint density at radius 2 is 1.66 bits per heavy atom. The number of carbonyl (C=O) groups is 1. The number of hydrogen-bond acceptors (Lipinski definition) is 9. The summed E-state index contributed by atoms with van der Waals surface area (Å²) in [6, 6.07) is 14.0. The van der Waals surface area contributed by atoms with Crippen molar-refractivity contribution in [2.24, 2.45) is 13.0 Å². The van der Waals surface area contributed by atoms with E-state index < -0.39 is 28.8 Å². The molecule has 1 N–H and O–H groups in total. The molecule has 18 heteroatoms. The fourth-order valence-corrected chi connectivity index (χ4v) is 10.4. The van der Waals surface area contributed by atoms with Crippen molar-refractivity contribution in [3.63, 3.8) is 0 Å². The van der Waals surface area contributed by atoms with Gasteiger partial charge in [0.1, 0.15) is 22.9 Å². The molecule has 1 aliphatic carbocycles. The van der Waals surface area contributed by atoms with Crippen LogP contribution in [0.5, 0.6) is 0 Å². The van der Waals surface area contributed by atoms with Crippen LogP contribution in [0.4, 0.5) is 14.5 Å². The first-order chi connectivity index (χ1) is 31.1. The SMILES string of the molecule is Cc1cc(-n2nc3c(c2-n2ccn(-c4ccc5c(cnn5C)c4F)c2=O)[C@H](C)N(C(=O)c2cc4cc(N5CCOC(C)(C)C5)ccc4n2[C@]2(c4noc(=O)[nH]4)C[C@@H]2C)CC3)cc(C)c1F. The number of hydrogen-bond donors (Lipinski definition) is 1. The summed E-state index contributed by atoms with van der Waals surface area (Å²) in [6.45, 7) is 13.7. The minimum atomic E-state index is -0.871. The van der Waals surface area contributed by atoms with Gasteiger partial charge in [-0.25, -0.2) is 23.1 Å². The number of benzene rings is 3. The summed E-state index contributed by atoms with van der Waals surface area (Å²) in [7, 11) is 1.72. The van der Waals surface area contributed by atoms with Crippen LogP contribution in [0, 0.1) is 31.4 Å². The van der Waals surface area contributed by atoms with E-state index in [1.807, 2.05) is 23.6 Å². The number of aryl methyl sites for hydroxylation is 3. The number of morpholine rings is 1. The molecule has 8 aromatic rings. The Kier molecular flexibility index (Phi) is 8.89. The topological polar surface area (TPSA) is 159 Å². The van der Waals surface area contributed by atoms with E-state index in [0.717, 1.165) is 16.6 Å². The van der Waals surface area contributed by atoms with Crippen LogP contribution in [0.3, 0.4) is 0 Å². The zero-order chi connectivity index (χ0) is 45.4. The zero-order valence-electron chi connectivity index (χ0n) is 37.0. The molecule has 16 nitrogen and oxygen atoms in total. The van der Waals surface area contributed by atoms with E-state index in [4.69, 9.17) is 14.4 Å². The molecule has 1 saturated carbocycles. The van der Waals surface area contributed by atoms with Gasteiger partial charge in [0, 0.05) is 67.7 Å². The Morgan fingerprint density at radius 1 is 0.923 bits per heavy atom. The second-order valence-electron chi connectivity index (χ2n) is 18.4. The number of nitrogens with one attached hydrogen (secondary N) is 1. The van der Waals surface area contributed by atoms with Crippen LogP contribution in [0.25, 0.3) is 39.0 Å². The maximum atomic E-state index is 16.1. The van der Waals surface area contributed by atoms with Crippen LogP contribution in [0.15, 0.2) is 81.2 Å². The van der Waals surface area contributed by atoms with Gasteiger partial charge in [0.2, 0.25) is 0 Å². The third-order valence-corrected chi connectivity index (χ3v) is 13.8. The Balaban J connectivity index is 1.06. The van der Waals surface area contributed by atoms with Crippen molar-refractivity contribution in [2.75, 3.05) is 31.1 Å². The highest BCUT2D eigenvalue weighted by Crippen LogP contribution is 2.56. The molecular weight excluding hydrogens is 837 g/mol. The number of imidazole rings is 1. The van der Waals surface area contributed by atoms with Crippen molar-refractivity contribution in [3.05, 3.63) is 134 Å². The molecule has 3 aromatic carbocycles. The number of carbonyl (C=O) groups excluding carboxylic acids is 1. The average Bonchev–Trinajstić information content (AvgIpc) is 3.90. The van der Waals surface area contributed by atoms with Gasteiger partial charge in [-0.2, -0.15) is 10.2 Å². The standard InChI is InChI=1S/C47H47F2N11O5/c1-25-18-31(19-26(2)39(25)48)60-41(58-15-14-57(45(58)63)36-11-10-35-32(40(36)49)23-50-54(35)7)38-28(4)56(13-12-33(38)52-60)42(61)37-21-29-20-30(55-16-17-64-46(5,6)24-55)8-9-34(29)59(37)47(22-27(47)3)43-51-44(62)65-53-43/h8-11,14-15,18-21,23,27-28H,12-13,16-17,22,24H2,1-7H3,(H,51,53,62)/t27-,28-,47+/m0/s1. The van der Waals surface area contributed by atoms with Gasteiger partial charge in [-0.15, -0.1) is 0 Å². The van der Waals surface area contributed by atoms with E-state index in [1.54, 1.807) is 65.6 Å². The predicted molar refractivity (Wildman–Crippen MR) is 237 cm³/mol. The van der Waals surface area contributed by atoms with E-state index in [2.05, 4.69) is 53.0 Å². The molecule has 0 bridgehead atoms. The van der Waals surface area contributed by atoms with E-state index in [9.17, 15) is 9.59 Å². The van der Waals surface area contributed by atoms with Crippen LogP contribution in [-0.2, 0) is 23.7 Å². The Morgan fingerprint density at radius 3 is 2.37 bits per heavy atom. The van der Waals surface area contributed by atoms with Crippen molar-refractivity contribution in [2.45, 2.75) is 71.6 Å². The van der Waals surface area contributed by atoms with Crippen LogP contribution < -0.4 is 16.3 Å². The van der Waals surface area contributed by atoms with Gasteiger partial charge < -0.3 is 19.1 Å². The number of nitrogens with zero attached hydrogens (tertiary/aromatic N) is 10. The predicted octanol–water partition coefficient (Wildman–Crippen LogP) is 6.38. The lowest BCUT2D eigenvalue weighted by molar-refractivity contribution is -0.0276. The van der Waals surface area contributed by atoms with Crippen LogP contribution in [0.2, 0.25) is 0 Å². The number of fused-ring (bicyclic) bond motifs is 3. The van der Waals surface area contributed by atoms with E-state index in [1.165, 1.54) is 21.5 Å². The number of rotatable bonds is 7. The average molecular weight is 884 g/mol. The lowest BCUT2D eigenvalue weighted by Crippen LogP contribution is -2.48. The molecule has 5 aromatic heterocycles. The third-order valence-electron chi connectivity index (χ3n) is 13.8.